The molecule has 316 valence electrons. The van der Waals surface area contributed by atoms with Gasteiger partial charge in [-0.1, -0.05) is 231 Å². The Labute approximate surface area is 394 Å². The molecular formula is C66H47N. The maximum Gasteiger partial charge on any atom is 0.0462 e. The summed E-state index contributed by atoms with van der Waals surface area (Å²) in [7, 11) is 0. The molecular weight excluding hydrogens is 807 g/mol. The van der Waals surface area contributed by atoms with Crippen molar-refractivity contribution < 1.29 is 0 Å². The van der Waals surface area contributed by atoms with Crippen LogP contribution in [0.1, 0.15) is 0 Å². The van der Waals surface area contributed by atoms with E-state index < -0.39 is 0 Å². The van der Waals surface area contributed by atoms with Gasteiger partial charge in [0.05, 0.1) is 0 Å². The van der Waals surface area contributed by atoms with Gasteiger partial charge in [-0.05, 0) is 144 Å². The molecule has 0 unspecified atom stereocenters. The molecule has 0 amide bonds. The van der Waals surface area contributed by atoms with Gasteiger partial charge in [0.15, 0.2) is 0 Å². The molecule has 0 aromatic heterocycles. The third-order valence-corrected chi connectivity index (χ3v) is 12.7. The zero-order valence-electron chi connectivity index (χ0n) is 37.1. The largest absolute Gasteiger partial charge is 0.311 e. The second kappa shape index (κ2) is 18.7. The standard InChI is InChI=1S/C66H47N/c1-6-17-48(18-7-1)56-27-16-28-57(45-56)51-29-37-60(38-30-51)67(61-39-31-54(32-40-61)63-43-35-58(49-19-8-2-9-20-49)46-65(63)52-23-12-4-13-24-52)62-41-33-55(34-42-62)64-44-36-59(50-21-10-3-11-22-50)47-66(64)53-25-14-5-15-26-53/h1-47H. The number of nitrogens with zero attached hydrogens (tertiary/aromatic N) is 1. The highest BCUT2D eigenvalue weighted by Gasteiger charge is 2.17. The fraction of sp³-hybridized carbons (Fsp3) is 0. The van der Waals surface area contributed by atoms with E-state index in [9.17, 15) is 0 Å². The van der Waals surface area contributed by atoms with Crippen molar-refractivity contribution >= 4 is 17.1 Å². The molecule has 0 aliphatic rings. The molecule has 11 aromatic rings. The molecule has 0 fully saturated rings. The van der Waals surface area contributed by atoms with Gasteiger partial charge in [-0.2, -0.15) is 0 Å². The molecule has 0 spiro atoms. The van der Waals surface area contributed by atoms with E-state index >= 15 is 0 Å². The Morgan fingerprint density at radius 3 is 0.731 bits per heavy atom. The lowest BCUT2D eigenvalue weighted by Crippen LogP contribution is -2.09. The van der Waals surface area contributed by atoms with E-state index in [1.165, 1.54) is 89.0 Å². The number of anilines is 3. The lowest BCUT2D eigenvalue weighted by molar-refractivity contribution is 1.28. The van der Waals surface area contributed by atoms with Crippen LogP contribution in [0.5, 0.6) is 0 Å². The van der Waals surface area contributed by atoms with Crippen LogP contribution in [0, 0.1) is 0 Å². The van der Waals surface area contributed by atoms with E-state index in [2.05, 4.69) is 290 Å². The molecule has 11 rings (SSSR count). The average Bonchev–Trinajstić information content (AvgIpc) is 3.42. The molecule has 0 aliphatic carbocycles. The fourth-order valence-corrected chi connectivity index (χ4v) is 9.26. The summed E-state index contributed by atoms with van der Waals surface area (Å²) in [5, 5.41) is 0. The second-order valence-corrected chi connectivity index (χ2v) is 16.9. The van der Waals surface area contributed by atoms with Crippen LogP contribution in [-0.4, -0.2) is 0 Å². The minimum atomic E-state index is 1.08. The molecule has 0 N–H and O–H groups in total. The summed E-state index contributed by atoms with van der Waals surface area (Å²) >= 11 is 0. The van der Waals surface area contributed by atoms with Crippen LogP contribution in [0.4, 0.5) is 17.1 Å². The summed E-state index contributed by atoms with van der Waals surface area (Å²) in [4.78, 5) is 2.37. The average molecular weight is 854 g/mol. The van der Waals surface area contributed by atoms with E-state index in [4.69, 9.17) is 0 Å². The highest BCUT2D eigenvalue weighted by molar-refractivity contribution is 5.90. The van der Waals surface area contributed by atoms with Gasteiger partial charge in [0.2, 0.25) is 0 Å². The van der Waals surface area contributed by atoms with Crippen molar-refractivity contribution in [2.24, 2.45) is 0 Å². The molecule has 0 radical (unpaired) electrons. The Hall–Kier alpha value is -8.78. The maximum absolute atomic E-state index is 2.37. The van der Waals surface area contributed by atoms with Crippen LogP contribution in [0.3, 0.4) is 0 Å². The smallest absolute Gasteiger partial charge is 0.0462 e. The molecule has 0 aliphatic heterocycles. The summed E-state index contributed by atoms with van der Waals surface area (Å²) in [6, 6.07) is 103. The molecule has 67 heavy (non-hydrogen) atoms. The summed E-state index contributed by atoms with van der Waals surface area (Å²) in [5.74, 6) is 0. The lowest BCUT2D eigenvalue weighted by Gasteiger charge is -2.26. The predicted octanol–water partition coefficient (Wildman–Crippen LogP) is 18.5. The molecule has 0 bridgehead atoms. The molecule has 0 saturated carbocycles. The summed E-state index contributed by atoms with van der Waals surface area (Å²) in [5.41, 5.74) is 22.4. The first-order valence-electron chi connectivity index (χ1n) is 23.0. The van der Waals surface area contributed by atoms with Gasteiger partial charge in [0, 0.05) is 17.1 Å². The van der Waals surface area contributed by atoms with Gasteiger partial charge in [0.1, 0.15) is 0 Å². The minimum absolute atomic E-state index is 1.08. The van der Waals surface area contributed by atoms with E-state index in [-0.39, 0.29) is 0 Å². The number of rotatable bonds is 11. The van der Waals surface area contributed by atoms with Crippen LogP contribution in [0.15, 0.2) is 285 Å². The van der Waals surface area contributed by atoms with E-state index in [1.807, 2.05) is 0 Å². The molecule has 1 nitrogen and oxygen atoms in total. The first-order valence-corrected chi connectivity index (χ1v) is 23.0. The van der Waals surface area contributed by atoms with Gasteiger partial charge in [-0.15, -0.1) is 0 Å². The van der Waals surface area contributed by atoms with Gasteiger partial charge in [0.25, 0.3) is 0 Å². The highest BCUT2D eigenvalue weighted by atomic mass is 15.1. The topological polar surface area (TPSA) is 3.24 Å². The Bertz CT molecular complexity index is 3210. The van der Waals surface area contributed by atoms with Gasteiger partial charge < -0.3 is 4.90 Å². The Kier molecular flexibility index (Phi) is 11.5. The van der Waals surface area contributed by atoms with Gasteiger partial charge in [-0.25, -0.2) is 0 Å². The second-order valence-electron chi connectivity index (χ2n) is 16.9. The van der Waals surface area contributed by atoms with E-state index in [0.717, 1.165) is 17.1 Å². The third kappa shape index (κ3) is 8.75. The zero-order valence-corrected chi connectivity index (χ0v) is 37.1. The van der Waals surface area contributed by atoms with E-state index in [1.54, 1.807) is 0 Å². The Balaban J connectivity index is 0.983. The van der Waals surface area contributed by atoms with Crippen molar-refractivity contribution in [3.63, 3.8) is 0 Å². The van der Waals surface area contributed by atoms with Crippen molar-refractivity contribution in [1.82, 2.24) is 0 Å². The van der Waals surface area contributed by atoms with Crippen molar-refractivity contribution in [2.45, 2.75) is 0 Å². The van der Waals surface area contributed by atoms with Crippen LogP contribution in [0.2, 0.25) is 0 Å². The highest BCUT2D eigenvalue weighted by Crippen LogP contribution is 2.42. The first kappa shape index (κ1) is 41.0. The zero-order chi connectivity index (χ0) is 44.8. The van der Waals surface area contributed by atoms with Crippen LogP contribution >= 0.6 is 0 Å². The van der Waals surface area contributed by atoms with Crippen molar-refractivity contribution in [2.75, 3.05) is 4.90 Å². The molecule has 11 aromatic carbocycles. The molecule has 1 heteroatoms. The van der Waals surface area contributed by atoms with Crippen LogP contribution < -0.4 is 4.90 Å². The minimum Gasteiger partial charge on any atom is -0.311 e. The number of hydrogen-bond acceptors (Lipinski definition) is 1. The van der Waals surface area contributed by atoms with Gasteiger partial charge in [-0.3, -0.25) is 0 Å². The fourth-order valence-electron chi connectivity index (χ4n) is 9.26. The quantitative estimate of drug-likeness (QED) is 0.125. The maximum atomic E-state index is 2.37. The van der Waals surface area contributed by atoms with Gasteiger partial charge >= 0.3 is 0 Å². The van der Waals surface area contributed by atoms with Crippen molar-refractivity contribution in [3.8, 4) is 89.0 Å². The van der Waals surface area contributed by atoms with Crippen LogP contribution in [0.25, 0.3) is 89.0 Å². The third-order valence-electron chi connectivity index (χ3n) is 12.7. The normalized spacial score (nSPS) is 11.0. The Morgan fingerprint density at radius 1 is 0.149 bits per heavy atom. The number of benzene rings is 11. The Morgan fingerprint density at radius 2 is 0.388 bits per heavy atom. The number of hydrogen-bond donors (Lipinski definition) is 0. The molecule has 0 atom stereocenters. The lowest BCUT2D eigenvalue weighted by atomic mass is 9.91. The predicted molar refractivity (Wildman–Crippen MR) is 285 cm³/mol. The molecule has 0 saturated heterocycles. The summed E-state index contributed by atoms with van der Waals surface area (Å²) in [6.07, 6.45) is 0. The van der Waals surface area contributed by atoms with Crippen LogP contribution in [-0.2, 0) is 0 Å². The summed E-state index contributed by atoms with van der Waals surface area (Å²) in [6.45, 7) is 0. The monoisotopic (exact) mass is 853 g/mol. The van der Waals surface area contributed by atoms with Crippen molar-refractivity contribution in [1.29, 1.82) is 0 Å². The van der Waals surface area contributed by atoms with E-state index in [0.29, 0.717) is 0 Å². The molecule has 0 heterocycles. The SMILES string of the molecule is c1ccc(-c2cccc(-c3ccc(N(c4ccc(-c5ccc(-c6ccccc6)cc5-c5ccccc5)cc4)c4ccc(-c5ccc(-c6ccccc6)cc5-c5ccccc5)cc4)cc3)c2)cc1. The summed E-state index contributed by atoms with van der Waals surface area (Å²) < 4.78 is 0. The van der Waals surface area contributed by atoms with Crippen molar-refractivity contribution in [3.05, 3.63) is 285 Å². The first-order chi connectivity index (χ1) is 33.2.